The van der Waals surface area contributed by atoms with Crippen molar-refractivity contribution in [3.63, 3.8) is 0 Å². The van der Waals surface area contributed by atoms with Gasteiger partial charge in [0.2, 0.25) is 0 Å². The van der Waals surface area contributed by atoms with Crippen LogP contribution in [0.15, 0.2) is 36.4 Å². The number of para-hydroxylation sites is 1. The molecule has 1 heterocycles. The van der Waals surface area contributed by atoms with Crippen LogP contribution in [0.2, 0.25) is 0 Å². The van der Waals surface area contributed by atoms with Crippen LogP contribution in [-0.4, -0.2) is 18.1 Å². The SMILES string of the molecule is CN1C(=O)C(=Cc2cc(C(C)(C)C)c(O)c(C(C)(C)C)c2)c2ccccc21. The molecule has 1 aliphatic rings. The van der Waals surface area contributed by atoms with E-state index in [1.807, 2.05) is 42.5 Å². The molecule has 142 valence electrons. The Morgan fingerprint density at radius 1 is 0.926 bits per heavy atom. The van der Waals surface area contributed by atoms with Gasteiger partial charge in [0.05, 0.1) is 5.69 Å². The van der Waals surface area contributed by atoms with Crippen molar-refractivity contribution in [2.24, 2.45) is 0 Å². The standard InChI is InChI=1S/C24H29NO2/c1-23(2,3)18-13-15(14-19(21(18)26)24(4,5)6)12-17-16-10-8-9-11-20(16)25(7)22(17)27/h8-14,26H,1-7H3. The number of aromatic hydroxyl groups is 1. The lowest BCUT2D eigenvalue weighted by Gasteiger charge is -2.28. The van der Waals surface area contributed by atoms with Crippen LogP contribution in [0.5, 0.6) is 5.75 Å². The first kappa shape index (κ1) is 19.2. The minimum atomic E-state index is -0.201. The maximum Gasteiger partial charge on any atom is 0.258 e. The number of hydrogen-bond acceptors (Lipinski definition) is 2. The van der Waals surface area contributed by atoms with Gasteiger partial charge >= 0.3 is 0 Å². The number of anilines is 1. The van der Waals surface area contributed by atoms with Gasteiger partial charge in [0.25, 0.3) is 5.91 Å². The molecule has 2 aromatic rings. The second-order valence-electron chi connectivity index (χ2n) is 9.40. The number of carbonyl (C=O) groups is 1. The first-order valence-corrected chi connectivity index (χ1v) is 9.38. The second-order valence-corrected chi connectivity index (χ2v) is 9.40. The van der Waals surface area contributed by atoms with Gasteiger partial charge in [0, 0.05) is 29.3 Å². The minimum absolute atomic E-state index is 0.00103. The van der Waals surface area contributed by atoms with E-state index in [9.17, 15) is 9.90 Å². The topological polar surface area (TPSA) is 40.5 Å². The van der Waals surface area contributed by atoms with Gasteiger partial charge in [-0.3, -0.25) is 4.79 Å². The molecule has 3 heteroatoms. The van der Waals surface area contributed by atoms with Crippen LogP contribution in [0.25, 0.3) is 11.6 Å². The predicted molar refractivity (Wildman–Crippen MR) is 113 cm³/mol. The maximum atomic E-state index is 12.8. The van der Waals surface area contributed by atoms with E-state index in [0.717, 1.165) is 27.9 Å². The van der Waals surface area contributed by atoms with Crippen LogP contribution in [-0.2, 0) is 15.6 Å². The van der Waals surface area contributed by atoms with Gasteiger partial charge in [-0.1, -0.05) is 59.7 Å². The quantitative estimate of drug-likeness (QED) is 0.679. The molecule has 0 aromatic heterocycles. The van der Waals surface area contributed by atoms with E-state index in [-0.39, 0.29) is 16.7 Å². The Labute approximate surface area is 162 Å². The molecule has 1 N–H and O–H groups in total. The number of fused-ring (bicyclic) bond motifs is 1. The fourth-order valence-corrected chi connectivity index (χ4v) is 3.59. The highest BCUT2D eigenvalue weighted by Crippen LogP contribution is 2.42. The minimum Gasteiger partial charge on any atom is -0.507 e. The number of phenols is 1. The molecule has 0 bridgehead atoms. The van der Waals surface area contributed by atoms with Crippen molar-refractivity contribution >= 4 is 23.2 Å². The fraction of sp³-hybridized carbons (Fsp3) is 0.375. The molecule has 0 spiro atoms. The summed E-state index contributed by atoms with van der Waals surface area (Å²) in [6.45, 7) is 12.6. The van der Waals surface area contributed by atoms with Gasteiger partial charge in [0.15, 0.2) is 0 Å². The molecule has 0 saturated carbocycles. The van der Waals surface area contributed by atoms with Gasteiger partial charge in [0.1, 0.15) is 5.75 Å². The van der Waals surface area contributed by atoms with Gasteiger partial charge in [-0.15, -0.1) is 0 Å². The van der Waals surface area contributed by atoms with Crippen molar-refractivity contribution in [1.82, 2.24) is 0 Å². The number of benzene rings is 2. The first-order valence-electron chi connectivity index (χ1n) is 9.38. The number of hydrogen-bond donors (Lipinski definition) is 1. The van der Waals surface area contributed by atoms with Crippen molar-refractivity contribution in [2.75, 3.05) is 11.9 Å². The van der Waals surface area contributed by atoms with Crippen LogP contribution in [0.1, 0.15) is 63.8 Å². The van der Waals surface area contributed by atoms with Crippen molar-refractivity contribution in [3.05, 3.63) is 58.7 Å². The normalized spacial score (nSPS) is 16.2. The van der Waals surface area contributed by atoms with E-state index >= 15 is 0 Å². The summed E-state index contributed by atoms with van der Waals surface area (Å²) in [4.78, 5) is 14.5. The number of amides is 1. The first-order chi connectivity index (χ1) is 12.4. The highest BCUT2D eigenvalue weighted by atomic mass is 16.3. The van der Waals surface area contributed by atoms with Crippen LogP contribution in [0.3, 0.4) is 0 Å². The molecule has 2 aromatic carbocycles. The third-order valence-electron chi connectivity index (χ3n) is 5.15. The molecule has 1 aliphatic heterocycles. The summed E-state index contributed by atoms with van der Waals surface area (Å²) < 4.78 is 0. The molecular formula is C24H29NO2. The van der Waals surface area contributed by atoms with E-state index < -0.39 is 0 Å². The van der Waals surface area contributed by atoms with E-state index in [4.69, 9.17) is 0 Å². The van der Waals surface area contributed by atoms with E-state index in [0.29, 0.717) is 11.3 Å². The number of likely N-dealkylation sites (N-methyl/N-ethyl adjacent to an activating group) is 1. The van der Waals surface area contributed by atoms with Gasteiger partial charge in [-0.05, 0) is 40.7 Å². The number of carbonyl (C=O) groups excluding carboxylic acids is 1. The molecule has 0 unspecified atom stereocenters. The Morgan fingerprint density at radius 2 is 1.44 bits per heavy atom. The van der Waals surface area contributed by atoms with Gasteiger partial charge in [-0.2, -0.15) is 0 Å². The van der Waals surface area contributed by atoms with Crippen LogP contribution in [0, 0.1) is 0 Å². The summed E-state index contributed by atoms with van der Waals surface area (Å²) in [6.07, 6.45) is 1.95. The van der Waals surface area contributed by atoms with Gasteiger partial charge in [-0.25, -0.2) is 0 Å². The van der Waals surface area contributed by atoms with E-state index in [1.165, 1.54) is 0 Å². The Morgan fingerprint density at radius 3 is 1.96 bits per heavy atom. The summed E-state index contributed by atoms with van der Waals surface area (Å²) in [5.74, 6) is 0.353. The maximum absolute atomic E-state index is 12.8. The van der Waals surface area contributed by atoms with Crippen LogP contribution in [0.4, 0.5) is 5.69 Å². The lowest BCUT2D eigenvalue weighted by atomic mass is 9.78. The Balaban J connectivity index is 2.24. The average molecular weight is 364 g/mol. The molecular weight excluding hydrogens is 334 g/mol. The molecule has 27 heavy (non-hydrogen) atoms. The third kappa shape index (κ3) is 3.39. The van der Waals surface area contributed by atoms with Crippen LogP contribution < -0.4 is 4.90 Å². The summed E-state index contributed by atoms with van der Waals surface area (Å²) in [6, 6.07) is 11.9. The lowest BCUT2D eigenvalue weighted by Crippen LogP contribution is -2.20. The highest BCUT2D eigenvalue weighted by molar-refractivity contribution is 6.35. The van der Waals surface area contributed by atoms with E-state index in [1.54, 1.807) is 11.9 Å². The largest absolute Gasteiger partial charge is 0.507 e. The number of rotatable bonds is 1. The molecule has 3 rings (SSSR count). The monoisotopic (exact) mass is 363 g/mol. The predicted octanol–water partition coefficient (Wildman–Crippen LogP) is 5.50. The number of phenolic OH excluding ortho intramolecular Hbond substituents is 1. The molecule has 1 amide bonds. The van der Waals surface area contributed by atoms with E-state index in [2.05, 4.69) is 41.5 Å². The van der Waals surface area contributed by atoms with Crippen molar-refractivity contribution < 1.29 is 9.90 Å². The molecule has 0 saturated heterocycles. The number of nitrogens with zero attached hydrogens (tertiary/aromatic N) is 1. The van der Waals surface area contributed by atoms with Crippen LogP contribution >= 0.6 is 0 Å². The zero-order valence-electron chi connectivity index (χ0n) is 17.3. The molecule has 0 radical (unpaired) electrons. The molecule has 3 nitrogen and oxygen atoms in total. The Kier molecular flexibility index (Phi) is 4.46. The summed E-state index contributed by atoms with van der Waals surface area (Å²) in [5, 5.41) is 10.9. The lowest BCUT2D eigenvalue weighted by molar-refractivity contribution is -0.112. The average Bonchev–Trinajstić information content (AvgIpc) is 2.79. The van der Waals surface area contributed by atoms with Crippen molar-refractivity contribution in [2.45, 2.75) is 52.4 Å². The molecule has 0 aliphatic carbocycles. The fourth-order valence-electron chi connectivity index (χ4n) is 3.59. The highest BCUT2D eigenvalue weighted by Gasteiger charge is 2.30. The summed E-state index contributed by atoms with van der Waals surface area (Å²) in [7, 11) is 1.81. The zero-order chi connectivity index (χ0) is 20.1. The zero-order valence-corrected chi connectivity index (χ0v) is 17.3. The van der Waals surface area contributed by atoms with Crippen molar-refractivity contribution in [3.8, 4) is 5.75 Å². The van der Waals surface area contributed by atoms with Gasteiger partial charge < -0.3 is 10.0 Å². The third-order valence-corrected chi connectivity index (χ3v) is 5.15. The summed E-state index contributed by atoms with van der Waals surface area (Å²) >= 11 is 0. The Hall–Kier alpha value is -2.55. The Bertz CT molecular complexity index is 905. The van der Waals surface area contributed by atoms with Crippen molar-refractivity contribution in [1.29, 1.82) is 0 Å². The molecule has 0 fully saturated rings. The smallest absolute Gasteiger partial charge is 0.258 e. The second kappa shape index (κ2) is 6.26. The molecule has 0 atom stereocenters. The summed E-state index contributed by atoms with van der Waals surface area (Å²) in [5.41, 5.74) is 4.91.